The van der Waals surface area contributed by atoms with Gasteiger partial charge in [-0.15, -0.1) is 0 Å². The number of piperidine rings is 1. The predicted octanol–water partition coefficient (Wildman–Crippen LogP) is 2.92. The normalized spacial score (nSPS) is 19.1. The van der Waals surface area contributed by atoms with E-state index in [1.807, 2.05) is 13.8 Å². The Kier molecular flexibility index (Phi) is 6.41. The van der Waals surface area contributed by atoms with E-state index >= 15 is 0 Å². The molecule has 1 aliphatic rings. The maximum absolute atomic E-state index is 13.0. The first-order valence-electron chi connectivity index (χ1n) is 9.53. The van der Waals surface area contributed by atoms with Crippen LogP contribution in [0.5, 0.6) is 0 Å². The highest BCUT2D eigenvalue weighted by Crippen LogP contribution is 2.19. The Labute approximate surface area is 164 Å². The van der Waals surface area contributed by atoms with Crippen LogP contribution in [-0.4, -0.2) is 24.9 Å². The lowest BCUT2D eigenvalue weighted by atomic mass is 9.89. The largest absolute Gasteiger partial charge is 0.352 e. The van der Waals surface area contributed by atoms with Gasteiger partial charge in [0.25, 0.3) is 0 Å². The molecule has 0 saturated carbocycles. The van der Waals surface area contributed by atoms with Crippen LogP contribution in [0.3, 0.4) is 0 Å². The summed E-state index contributed by atoms with van der Waals surface area (Å²) in [6.45, 7) is 5.62. The number of anilines is 1. The van der Waals surface area contributed by atoms with Gasteiger partial charge in [0, 0.05) is 25.3 Å². The molecule has 1 aliphatic heterocycles. The lowest BCUT2D eigenvalue weighted by Gasteiger charge is -2.28. The van der Waals surface area contributed by atoms with Crippen molar-refractivity contribution >= 4 is 17.5 Å². The number of hydrogen-bond donors (Lipinski definition) is 3. The summed E-state index contributed by atoms with van der Waals surface area (Å²) in [4.78, 5) is 25.1. The zero-order chi connectivity index (χ0) is 20.1. The standard InChI is InChI=1S/C22H26FN3O2/c1-14-7-15(2)9-16(8-14)11-25-21(27)17-10-18(13-24-12-17)22(28)26-20-5-3-19(23)4-6-20/h3-9,17-18,24H,10-13H2,1-2H3,(H,25,27)(H,26,28)/t17-,18+/m0/s1. The van der Waals surface area contributed by atoms with Crippen LogP contribution in [0.4, 0.5) is 10.1 Å². The third-order valence-electron chi connectivity index (χ3n) is 4.95. The number of carbonyl (C=O) groups excluding carboxylic acids is 2. The highest BCUT2D eigenvalue weighted by molar-refractivity contribution is 5.93. The van der Waals surface area contributed by atoms with Crippen LogP contribution in [0.25, 0.3) is 0 Å². The van der Waals surface area contributed by atoms with Crippen LogP contribution < -0.4 is 16.0 Å². The van der Waals surface area contributed by atoms with Crippen LogP contribution in [0, 0.1) is 31.5 Å². The van der Waals surface area contributed by atoms with E-state index in [-0.39, 0.29) is 29.5 Å². The fourth-order valence-electron chi connectivity index (χ4n) is 3.62. The second-order valence-electron chi connectivity index (χ2n) is 7.50. The van der Waals surface area contributed by atoms with Gasteiger partial charge in [-0.2, -0.15) is 0 Å². The minimum atomic E-state index is -0.349. The molecule has 6 heteroatoms. The van der Waals surface area contributed by atoms with Gasteiger partial charge < -0.3 is 16.0 Å². The first kappa shape index (κ1) is 20.0. The Morgan fingerprint density at radius 1 is 1.00 bits per heavy atom. The number of hydrogen-bond acceptors (Lipinski definition) is 3. The van der Waals surface area contributed by atoms with Gasteiger partial charge in [-0.1, -0.05) is 29.3 Å². The van der Waals surface area contributed by atoms with Gasteiger partial charge in [0.1, 0.15) is 5.82 Å². The molecule has 148 valence electrons. The van der Waals surface area contributed by atoms with Crippen molar-refractivity contribution < 1.29 is 14.0 Å². The van der Waals surface area contributed by atoms with Gasteiger partial charge in [0.15, 0.2) is 0 Å². The van der Waals surface area contributed by atoms with Crippen molar-refractivity contribution in [2.24, 2.45) is 11.8 Å². The molecule has 0 unspecified atom stereocenters. The van der Waals surface area contributed by atoms with E-state index < -0.39 is 0 Å². The van der Waals surface area contributed by atoms with E-state index in [0.29, 0.717) is 31.7 Å². The topological polar surface area (TPSA) is 70.2 Å². The summed E-state index contributed by atoms with van der Waals surface area (Å²) in [5.41, 5.74) is 3.95. The maximum atomic E-state index is 13.0. The number of rotatable bonds is 5. The second kappa shape index (κ2) is 8.97. The summed E-state index contributed by atoms with van der Waals surface area (Å²) in [5.74, 6) is -1.13. The monoisotopic (exact) mass is 383 g/mol. The summed E-state index contributed by atoms with van der Waals surface area (Å²) >= 11 is 0. The molecule has 1 saturated heterocycles. The van der Waals surface area contributed by atoms with Crippen molar-refractivity contribution in [1.82, 2.24) is 10.6 Å². The molecule has 1 heterocycles. The van der Waals surface area contributed by atoms with E-state index in [1.165, 1.54) is 35.4 Å². The molecule has 5 nitrogen and oxygen atoms in total. The Morgan fingerprint density at radius 2 is 1.61 bits per heavy atom. The van der Waals surface area contributed by atoms with E-state index in [4.69, 9.17) is 0 Å². The number of halogens is 1. The molecule has 2 aromatic rings. The molecule has 0 aliphatic carbocycles. The van der Waals surface area contributed by atoms with Crippen molar-refractivity contribution in [2.75, 3.05) is 18.4 Å². The molecule has 3 N–H and O–H groups in total. The molecule has 2 aromatic carbocycles. The summed E-state index contributed by atoms with van der Waals surface area (Å²) in [6, 6.07) is 11.9. The van der Waals surface area contributed by atoms with E-state index in [2.05, 4.69) is 34.1 Å². The molecule has 2 amide bonds. The maximum Gasteiger partial charge on any atom is 0.228 e. The van der Waals surface area contributed by atoms with Crippen molar-refractivity contribution in [3.05, 3.63) is 65.0 Å². The fraction of sp³-hybridized carbons (Fsp3) is 0.364. The lowest BCUT2D eigenvalue weighted by Crippen LogP contribution is -2.47. The van der Waals surface area contributed by atoms with Crippen LogP contribution in [0.15, 0.2) is 42.5 Å². The molecule has 1 fully saturated rings. The minimum Gasteiger partial charge on any atom is -0.352 e. The minimum absolute atomic E-state index is 0.0501. The van der Waals surface area contributed by atoms with Gasteiger partial charge in [-0.05, 0) is 50.1 Å². The Bertz CT molecular complexity index is 831. The molecule has 0 bridgehead atoms. The highest BCUT2D eigenvalue weighted by Gasteiger charge is 2.31. The van der Waals surface area contributed by atoms with Gasteiger partial charge in [0.05, 0.1) is 11.8 Å². The lowest BCUT2D eigenvalue weighted by molar-refractivity contribution is -0.127. The van der Waals surface area contributed by atoms with Gasteiger partial charge in [-0.25, -0.2) is 4.39 Å². The average molecular weight is 383 g/mol. The zero-order valence-corrected chi connectivity index (χ0v) is 16.2. The first-order valence-corrected chi connectivity index (χ1v) is 9.53. The molecular weight excluding hydrogens is 357 g/mol. The SMILES string of the molecule is Cc1cc(C)cc(CNC(=O)[C@@H]2CNC[C@H](C(=O)Nc3ccc(F)cc3)C2)c1. The van der Waals surface area contributed by atoms with Crippen molar-refractivity contribution in [3.8, 4) is 0 Å². The summed E-state index contributed by atoms with van der Waals surface area (Å²) in [6.07, 6.45) is 0.485. The molecule has 0 radical (unpaired) electrons. The Balaban J connectivity index is 1.53. The molecule has 2 atom stereocenters. The summed E-state index contributed by atoms with van der Waals surface area (Å²) in [7, 11) is 0. The second-order valence-corrected chi connectivity index (χ2v) is 7.50. The van der Waals surface area contributed by atoms with Crippen LogP contribution >= 0.6 is 0 Å². The van der Waals surface area contributed by atoms with E-state index in [9.17, 15) is 14.0 Å². The molecule has 3 rings (SSSR count). The molecule has 0 aromatic heterocycles. The van der Waals surface area contributed by atoms with Crippen molar-refractivity contribution in [2.45, 2.75) is 26.8 Å². The smallest absolute Gasteiger partial charge is 0.228 e. The first-order chi connectivity index (χ1) is 13.4. The number of carbonyl (C=O) groups is 2. The van der Waals surface area contributed by atoms with Gasteiger partial charge in [-0.3, -0.25) is 9.59 Å². The third-order valence-corrected chi connectivity index (χ3v) is 4.95. The van der Waals surface area contributed by atoms with Crippen LogP contribution in [0.2, 0.25) is 0 Å². The molecule has 28 heavy (non-hydrogen) atoms. The predicted molar refractivity (Wildman–Crippen MR) is 107 cm³/mol. The Hall–Kier alpha value is -2.73. The van der Waals surface area contributed by atoms with Crippen molar-refractivity contribution in [1.29, 1.82) is 0 Å². The van der Waals surface area contributed by atoms with Crippen LogP contribution in [-0.2, 0) is 16.1 Å². The van der Waals surface area contributed by atoms with Crippen molar-refractivity contribution in [3.63, 3.8) is 0 Å². The number of nitrogens with one attached hydrogen (secondary N) is 3. The highest BCUT2D eigenvalue weighted by atomic mass is 19.1. The number of benzene rings is 2. The molecular formula is C22H26FN3O2. The number of amides is 2. The van der Waals surface area contributed by atoms with Crippen LogP contribution in [0.1, 0.15) is 23.1 Å². The molecule has 0 spiro atoms. The third kappa shape index (κ3) is 5.39. The summed E-state index contributed by atoms with van der Waals surface area (Å²) < 4.78 is 13.0. The number of aryl methyl sites for hydroxylation is 2. The summed E-state index contributed by atoms with van der Waals surface area (Å²) in [5, 5.41) is 8.95. The zero-order valence-electron chi connectivity index (χ0n) is 16.2. The average Bonchev–Trinajstić information content (AvgIpc) is 2.67. The van der Waals surface area contributed by atoms with Gasteiger partial charge in [0.2, 0.25) is 11.8 Å². The Morgan fingerprint density at radius 3 is 2.25 bits per heavy atom. The van der Waals surface area contributed by atoms with E-state index in [1.54, 1.807) is 0 Å². The fourth-order valence-corrected chi connectivity index (χ4v) is 3.62. The van der Waals surface area contributed by atoms with Gasteiger partial charge >= 0.3 is 0 Å². The quantitative estimate of drug-likeness (QED) is 0.744. The van der Waals surface area contributed by atoms with E-state index in [0.717, 1.165) is 5.56 Å².